The number of nitrogens with zero attached hydrogens (tertiary/aromatic N) is 4. The van der Waals surface area contributed by atoms with Crippen molar-refractivity contribution in [1.29, 1.82) is 0 Å². The Kier molecular flexibility index (Phi) is 4.06. The molecule has 2 atom stereocenters. The average molecular weight is 284 g/mol. The second kappa shape index (κ2) is 5.98. The SMILES string of the molecule is Cc1cc(C)n(C[C@H]2CCCN2[C@@H](C)c2cccnc2)n1. The molecule has 1 fully saturated rings. The molecule has 0 aromatic carbocycles. The largest absolute Gasteiger partial charge is 0.292 e. The van der Waals surface area contributed by atoms with E-state index in [1.165, 1.54) is 30.6 Å². The molecule has 1 aliphatic rings. The van der Waals surface area contributed by atoms with E-state index < -0.39 is 0 Å². The highest BCUT2D eigenvalue weighted by molar-refractivity contribution is 5.14. The van der Waals surface area contributed by atoms with E-state index in [4.69, 9.17) is 0 Å². The molecule has 2 aromatic rings. The van der Waals surface area contributed by atoms with Crippen LogP contribution in [-0.2, 0) is 6.54 Å². The van der Waals surface area contributed by atoms with E-state index in [2.05, 4.69) is 52.6 Å². The van der Waals surface area contributed by atoms with E-state index >= 15 is 0 Å². The van der Waals surface area contributed by atoms with Gasteiger partial charge in [0.05, 0.1) is 12.2 Å². The zero-order chi connectivity index (χ0) is 14.8. The molecule has 3 heterocycles. The lowest BCUT2D eigenvalue weighted by Crippen LogP contribution is -2.35. The molecule has 0 saturated carbocycles. The lowest BCUT2D eigenvalue weighted by Gasteiger charge is -2.31. The number of aromatic nitrogens is 3. The first-order valence-corrected chi connectivity index (χ1v) is 7.82. The summed E-state index contributed by atoms with van der Waals surface area (Å²) in [4.78, 5) is 6.86. The first-order chi connectivity index (χ1) is 10.1. The summed E-state index contributed by atoms with van der Waals surface area (Å²) in [7, 11) is 0. The van der Waals surface area contributed by atoms with Crippen molar-refractivity contribution in [3.05, 3.63) is 47.5 Å². The van der Waals surface area contributed by atoms with Gasteiger partial charge < -0.3 is 0 Å². The molecule has 0 N–H and O–H groups in total. The topological polar surface area (TPSA) is 34.0 Å². The summed E-state index contributed by atoms with van der Waals surface area (Å²) in [6.45, 7) is 8.65. The van der Waals surface area contributed by atoms with Gasteiger partial charge in [0.25, 0.3) is 0 Å². The standard InChI is InChI=1S/C17H24N4/c1-13-10-14(2)21(19-13)12-17-7-5-9-20(17)15(3)16-6-4-8-18-11-16/h4,6,8,10-11,15,17H,5,7,9,12H2,1-3H3/t15-,17+/m0/s1. The highest BCUT2D eigenvalue weighted by atomic mass is 15.3. The summed E-state index contributed by atoms with van der Waals surface area (Å²) in [6, 6.07) is 7.35. The van der Waals surface area contributed by atoms with Crippen molar-refractivity contribution in [3.8, 4) is 0 Å². The second-order valence-corrected chi connectivity index (χ2v) is 6.11. The third-order valence-corrected chi connectivity index (χ3v) is 4.57. The normalized spacial score (nSPS) is 20.8. The number of aryl methyl sites for hydroxylation is 2. The maximum Gasteiger partial charge on any atom is 0.0596 e. The van der Waals surface area contributed by atoms with Crippen molar-refractivity contribution in [2.45, 2.75) is 52.2 Å². The molecule has 1 aliphatic heterocycles. The lowest BCUT2D eigenvalue weighted by molar-refractivity contribution is 0.172. The van der Waals surface area contributed by atoms with Crippen molar-refractivity contribution in [2.24, 2.45) is 0 Å². The number of pyridine rings is 1. The van der Waals surface area contributed by atoms with Gasteiger partial charge in [0.15, 0.2) is 0 Å². The molecule has 21 heavy (non-hydrogen) atoms. The van der Waals surface area contributed by atoms with Crippen molar-refractivity contribution in [2.75, 3.05) is 6.54 Å². The van der Waals surface area contributed by atoms with Gasteiger partial charge in [-0.05, 0) is 57.9 Å². The third kappa shape index (κ3) is 3.00. The summed E-state index contributed by atoms with van der Waals surface area (Å²) >= 11 is 0. The molecule has 0 amide bonds. The molecule has 112 valence electrons. The highest BCUT2D eigenvalue weighted by Gasteiger charge is 2.29. The van der Waals surface area contributed by atoms with Gasteiger partial charge in [-0.15, -0.1) is 0 Å². The van der Waals surface area contributed by atoms with Gasteiger partial charge in [0.1, 0.15) is 0 Å². The maximum atomic E-state index is 4.62. The predicted octanol–water partition coefficient (Wildman–Crippen LogP) is 3.12. The van der Waals surface area contributed by atoms with Crippen LogP contribution in [0.25, 0.3) is 0 Å². The molecule has 3 rings (SSSR count). The molecule has 4 nitrogen and oxygen atoms in total. The molecule has 2 aromatic heterocycles. The van der Waals surface area contributed by atoms with Crippen LogP contribution in [0.4, 0.5) is 0 Å². The summed E-state index contributed by atoms with van der Waals surface area (Å²) in [5.74, 6) is 0. The van der Waals surface area contributed by atoms with E-state index in [-0.39, 0.29) is 0 Å². The fourth-order valence-corrected chi connectivity index (χ4v) is 3.44. The third-order valence-electron chi connectivity index (χ3n) is 4.57. The number of hydrogen-bond acceptors (Lipinski definition) is 3. The van der Waals surface area contributed by atoms with Crippen molar-refractivity contribution in [3.63, 3.8) is 0 Å². The first-order valence-electron chi connectivity index (χ1n) is 7.82. The zero-order valence-electron chi connectivity index (χ0n) is 13.2. The molecule has 0 unspecified atom stereocenters. The van der Waals surface area contributed by atoms with Crippen molar-refractivity contribution >= 4 is 0 Å². The first kappa shape index (κ1) is 14.3. The monoisotopic (exact) mass is 284 g/mol. The van der Waals surface area contributed by atoms with E-state index in [9.17, 15) is 0 Å². The fraction of sp³-hybridized carbons (Fsp3) is 0.529. The minimum atomic E-state index is 0.420. The van der Waals surface area contributed by atoms with Gasteiger partial charge in [-0.3, -0.25) is 14.6 Å². The Balaban J connectivity index is 1.75. The van der Waals surface area contributed by atoms with Crippen molar-refractivity contribution in [1.82, 2.24) is 19.7 Å². The van der Waals surface area contributed by atoms with E-state index in [0.717, 1.165) is 12.2 Å². The Hall–Kier alpha value is -1.68. The summed E-state index contributed by atoms with van der Waals surface area (Å²) in [5, 5.41) is 4.62. The van der Waals surface area contributed by atoms with Gasteiger partial charge in [-0.1, -0.05) is 6.07 Å². The van der Waals surface area contributed by atoms with Gasteiger partial charge in [-0.25, -0.2) is 0 Å². The molecular weight excluding hydrogens is 260 g/mol. The van der Waals surface area contributed by atoms with E-state index in [0.29, 0.717) is 12.1 Å². The number of rotatable bonds is 4. The van der Waals surface area contributed by atoms with E-state index in [1.54, 1.807) is 0 Å². The predicted molar refractivity (Wildman–Crippen MR) is 84.1 cm³/mol. The Morgan fingerprint density at radius 3 is 2.90 bits per heavy atom. The second-order valence-electron chi connectivity index (χ2n) is 6.11. The molecule has 0 aliphatic carbocycles. The number of hydrogen-bond donors (Lipinski definition) is 0. The maximum absolute atomic E-state index is 4.62. The molecular formula is C17H24N4. The lowest BCUT2D eigenvalue weighted by atomic mass is 10.1. The quantitative estimate of drug-likeness (QED) is 0.865. The van der Waals surface area contributed by atoms with Crippen LogP contribution in [-0.4, -0.2) is 32.3 Å². The van der Waals surface area contributed by atoms with Crippen LogP contribution in [0.3, 0.4) is 0 Å². The average Bonchev–Trinajstić information content (AvgIpc) is 3.06. The summed E-state index contributed by atoms with van der Waals surface area (Å²) < 4.78 is 2.16. The Labute approximate surface area is 126 Å². The minimum absolute atomic E-state index is 0.420. The van der Waals surface area contributed by atoms with Crippen LogP contribution in [0.1, 0.15) is 42.8 Å². The fourth-order valence-electron chi connectivity index (χ4n) is 3.44. The molecule has 0 spiro atoms. The number of likely N-dealkylation sites (tertiary alicyclic amines) is 1. The van der Waals surface area contributed by atoms with Gasteiger partial charge >= 0.3 is 0 Å². The Bertz CT molecular complexity index is 590. The van der Waals surface area contributed by atoms with Crippen LogP contribution in [0.2, 0.25) is 0 Å². The van der Waals surface area contributed by atoms with Crippen molar-refractivity contribution < 1.29 is 0 Å². The van der Waals surface area contributed by atoms with Crippen LogP contribution in [0, 0.1) is 13.8 Å². The molecule has 4 heteroatoms. The Morgan fingerprint density at radius 1 is 1.38 bits per heavy atom. The summed E-state index contributed by atoms with van der Waals surface area (Å²) in [6.07, 6.45) is 6.36. The summed E-state index contributed by atoms with van der Waals surface area (Å²) in [5.41, 5.74) is 3.67. The zero-order valence-corrected chi connectivity index (χ0v) is 13.2. The smallest absolute Gasteiger partial charge is 0.0596 e. The van der Waals surface area contributed by atoms with Crippen LogP contribution < -0.4 is 0 Å². The van der Waals surface area contributed by atoms with E-state index in [1.807, 2.05) is 18.5 Å². The van der Waals surface area contributed by atoms with Gasteiger partial charge in [-0.2, -0.15) is 5.10 Å². The molecule has 1 saturated heterocycles. The van der Waals surface area contributed by atoms with Crippen LogP contribution >= 0.6 is 0 Å². The Morgan fingerprint density at radius 2 is 2.24 bits per heavy atom. The van der Waals surface area contributed by atoms with Gasteiger partial charge in [0.2, 0.25) is 0 Å². The highest BCUT2D eigenvalue weighted by Crippen LogP contribution is 2.29. The molecule has 0 radical (unpaired) electrons. The van der Waals surface area contributed by atoms with Crippen LogP contribution in [0.15, 0.2) is 30.6 Å². The molecule has 0 bridgehead atoms. The van der Waals surface area contributed by atoms with Crippen LogP contribution in [0.5, 0.6) is 0 Å². The minimum Gasteiger partial charge on any atom is -0.292 e. The van der Waals surface area contributed by atoms with Gasteiger partial charge in [0, 0.05) is 30.2 Å².